The van der Waals surface area contributed by atoms with Crippen LogP contribution in [0.15, 0.2) is 30.3 Å². The van der Waals surface area contributed by atoms with Gasteiger partial charge in [0.05, 0.1) is 13.2 Å². The molecule has 1 aliphatic heterocycles. The molecule has 6 heteroatoms. The smallest absolute Gasteiger partial charge is 0.329 e. The molecule has 1 N–H and O–H groups in total. The molecule has 6 nitrogen and oxygen atoms in total. The molecular weight excluding hydrogens is 308 g/mol. The minimum Gasteiger partial charge on any atom is -0.459 e. The average Bonchev–Trinajstić information content (AvgIpc) is 2.60. The van der Waals surface area contributed by atoms with E-state index in [1.807, 2.05) is 44.2 Å². The number of carbonyl (C=O) groups is 2. The molecule has 132 valence electrons. The molecule has 0 radical (unpaired) electrons. The molecule has 0 aliphatic carbocycles. The van der Waals surface area contributed by atoms with E-state index in [1.54, 1.807) is 4.90 Å². The Kier molecular flexibility index (Phi) is 7.06. The van der Waals surface area contributed by atoms with Crippen molar-refractivity contribution in [2.45, 2.75) is 32.9 Å². The van der Waals surface area contributed by atoms with Crippen molar-refractivity contribution in [2.24, 2.45) is 5.92 Å². The molecule has 0 spiro atoms. The number of hydrogen-bond donors (Lipinski definition) is 1. The molecule has 1 heterocycles. The lowest BCUT2D eigenvalue weighted by molar-refractivity contribution is -0.147. The fourth-order valence-electron chi connectivity index (χ4n) is 2.52. The number of ether oxygens (including phenoxy) is 2. The first-order chi connectivity index (χ1) is 11.6. The highest BCUT2D eigenvalue weighted by atomic mass is 16.5. The summed E-state index contributed by atoms with van der Waals surface area (Å²) in [5, 5.41) is 2.81. The van der Waals surface area contributed by atoms with Gasteiger partial charge in [-0.3, -0.25) is 0 Å². The van der Waals surface area contributed by atoms with Crippen molar-refractivity contribution in [1.29, 1.82) is 0 Å². The lowest BCUT2D eigenvalue weighted by atomic mass is 10.0. The second-order valence-electron chi connectivity index (χ2n) is 6.32. The molecule has 1 saturated heterocycles. The topological polar surface area (TPSA) is 67.9 Å². The van der Waals surface area contributed by atoms with Gasteiger partial charge in [0.15, 0.2) is 0 Å². The largest absolute Gasteiger partial charge is 0.459 e. The Morgan fingerprint density at radius 1 is 1.21 bits per heavy atom. The van der Waals surface area contributed by atoms with Gasteiger partial charge < -0.3 is 19.7 Å². The summed E-state index contributed by atoms with van der Waals surface area (Å²) in [6.07, 6.45) is 0.545. The Morgan fingerprint density at radius 3 is 2.50 bits per heavy atom. The van der Waals surface area contributed by atoms with Gasteiger partial charge in [-0.2, -0.15) is 0 Å². The van der Waals surface area contributed by atoms with Gasteiger partial charge in [-0.15, -0.1) is 0 Å². The van der Waals surface area contributed by atoms with E-state index in [9.17, 15) is 9.59 Å². The van der Waals surface area contributed by atoms with Gasteiger partial charge in [0, 0.05) is 13.1 Å². The molecular formula is C18H26N2O4. The first kappa shape index (κ1) is 18.3. The standard InChI is InChI=1S/C18H26N2O4/c1-14(2)12-16(19-18(22)20-8-10-23-11-9-20)17(21)24-13-15-6-4-3-5-7-15/h3-7,14,16H,8-13H2,1-2H3,(H,19,22)/t16-/m0/s1. The summed E-state index contributed by atoms with van der Waals surface area (Å²) >= 11 is 0. The number of nitrogens with one attached hydrogen (secondary N) is 1. The third-order valence-corrected chi connectivity index (χ3v) is 3.81. The summed E-state index contributed by atoms with van der Waals surface area (Å²) in [6, 6.07) is 8.64. The van der Waals surface area contributed by atoms with E-state index in [0.29, 0.717) is 32.7 Å². The maximum atomic E-state index is 12.4. The van der Waals surface area contributed by atoms with Crippen LogP contribution in [-0.4, -0.2) is 49.2 Å². The summed E-state index contributed by atoms with van der Waals surface area (Å²) in [5.41, 5.74) is 0.925. The first-order valence-electron chi connectivity index (χ1n) is 8.40. The van der Waals surface area contributed by atoms with E-state index < -0.39 is 12.0 Å². The number of esters is 1. The maximum Gasteiger partial charge on any atom is 0.329 e. The summed E-state index contributed by atoms with van der Waals surface area (Å²) in [7, 11) is 0. The van der Waals surface area contributed by atoms with E-state index in [1.165, 1.54) is 0 Å². The number of hydrogen-bond acceptors (Lipinski definition) is 4. The van der Waals surface area contributed by atoms with Crippen LogP contribution >= 0.6 is 0 Å². The fourth-order valence-corrected chi connectivity index (χ4v) is 2.52. The Labute approximate surface area is 143 Å². The number of rotatable bonds is 6. The predicted octanol–water partition coefficient (Wildman–Crippen LogP) is 2.19. The van der Waals surface area contributed by atoms with E-state index in [2.05, 4.69) is 5.32 Å². The average molecular weight is 334 g/mol. The van der Waals surface area contributed by atoms with Crippen LogP contribution in [0.3, 0.4) is 0 Å². The third-order valence-electron chi connectivity index (χ3n) is 3.81. The number of urea groups is 1. The van der Waals surface area contributed by atoms with E-state index in [0.717, 1.165) is 5.56 Å². The molecule has 0 bridgehead atoms. The van der Waals surface area contributed by atoms with Gasteiger partial charge in [0.25, 0.3) is 0 Å². The Balaban J connectivity index is 1.90. The van der Waals surface area contributed by atoms with Crippen molar-refractivity contribution >= 4 is 12.0 Å². The number of nitrogens with zero attached hydrogens (tertiary/aromatic N) is 1. The zero-order valence-electron chi connectivity index (χ0n) is 14.4. The van der Waals surface area contributed by atoms with Crippen molar-refractivity contribution in [2.75, 3.05) is 26.3 Å². The fraction of sp³-hybridized carbons (Fsp3) is 0.556. The molecule has 0 aromatic heterocycles. The van der Waals surface area contributed by atoms with Crippen LogP contribution in [-0.2, 0) is 20.9 Å². The Hall–Kier alpha value is -2.08. The molecule has 1 aliphatic rings. The second kappa shape index (κ2) is 9.27. The quantitative estimate of drug-likeness (QED) is 0.810. The Morgan fingerprint density at radius 2 is 1.88 bits per heavy atom. The lowest BCUT2D eigenvalue weighted by Crippen LogP contribution is -2.51. The molecule has 2 amide bonds. The lowest BCUT2D eigenvalue weighted by Gasteiger charge is -2.29. The highest BCUT2D eigenvalue weighted by Gasteiger charge is 2.26. The van der Waals surface area contributed by atoms with Gasteiger partial charge >= 0.3 is 12.0 Å². The molecule has 24 heavy (non-hydrogen) atoms. The molecule has 1 aromatic rings. The van der Waals surface area contributed by atoms with Crippen LogP contribution in [0, 0.1) is 5.92 Å². The molecule has 1 atom stereocenters. The molecule has 0 unspecified atom stereocenters. The SMILES string of the molecule is CC(C)C[C@H](NC(=O)N1CCOCC1)C(=O)OCc1ccccc1. The summed E-state index contributed by atoms with van der Waals surface area (Å²) in [4.78, 5) is 26.4. The molecule has 1 fully saturated rings. The molecule has 1 aromatic carbocycles. The highest BCUT2D eigenvalue weighted by molar-refractivity contribution is 5.83. The van der Waals surface area contributed by atoms with E-state index in [4.69, 9.17) is 9.47 Å². The summed E-state index contributed by atoms with van der Waals surface area (Å²) < 4.78 is 10.6. The Bertz CT molecular complexity index is 527. The van der Waals surface area contributed by atoms with Crippen molar-refractivity contribution in [1.82, 2.24) is 10.2 Å². The predicted molar refractivity (Wildman–Crippen MR) is 90.4 cm³/mol. The second-order valence-corrected chi connectivity index (χ2v) is 6.32. The van der Waals surface area contributed by atoms with Gasteiger partial charge in [-0.05, 0) is 17.9 Å². The van der Waals surface area contributed by atoms with E-state index in [-0.39, 0.29) is 18.6 Å². The van der Waals surface area contributed by atoms with Crippen LogP contribution < -0.4 is 5.32 Å². The van der Waals surface area contributed by atoms with Gasteiger partial charge in [0.1, 0.15) is 12.6 Å². The van der Waals surface area contributed by atoms with Crippen LogP contribution in [0.25, 0.3) is 0 Å². The minimum absolute atomic E-state index is 0.210. The molecule has 0 saturated carbocycles. The zero-order chi connectivity index (χ0) is 17.4. The highest BCUT2D eigenvalue weighted by Crippen LogP contribution is 2.10. The van der Waals surface area contributed by atoms with Crippen LogP contribution in [0.4, 0.5) is 4.79 Å². The number of morpholine rings is 1. The minimum atomic E-state index is -0.635. The van der Waals surface area contributed by atoms with Crippen molar-refractivity contribution in [3.63, 3.8) is 0 Å². The van der Waals surface area contributed by atoms with Crippen LogP contribution in [0.5, 0.6) is 0 Å². The van der Waals surface area contributed by atoms with Crippen molar-refractivity contribution < 1.29 is 19.1 Å². The van der Waals surface area contributed by atoms with Crippen LogP contribution in [0.2, 0.25) is 0 Å². The van der Waals surface area contributed by atoms with Gasteiger partial charge in [0.2, 0.25) is 0 Å². The van der Waals surface area contributed by atoms with E-state index >= 15 is 0 Å². The number of benzene rings is 1. The third kappa shape index (κ3) is 5.85. The zero-order valence-corrected chi connectivity index (χ0v) is 14.4. The normalized spacial score (nSPS) is 15.9. The van der Waals surface area contributed by atoms with Gasteiger partial charge in [-0.25, -0.2) is 9.59 Å². The van der Waals surface area contributed by atoms with Crippen LogP contribution in [0.1, 0.15) is 25.8 Å². The summed E-state index contributed by atoms with van der Waals surface area (Å²) in [5.74, 6) is -0.126. The maximum absolute atomic E-state index is 12.4. The number of carbonyl (C=O) groups excluding carboxylic acids is 2. The van der Waals surface area contributed by atoms with Crippen molar-refractivity contribution in [3.8, 4) is 0 Å². The van der Waals surface area contributed by atoms with Crippen molar-refractivity contribution in [3.05, 3.63) is 35.9 Å². The summed E-state index contributed by atoms with van der Waals surface area (Å²) in [6.45, 7) is 6.37. The van der Waals surface area contributed by atoms with Gasteiger partial charge in [-0.1, -0.05) is 44.2 Å². The number of amides is 2. The monoisotopic (exact) mass is 334 g/mol. The first-order valence-corrected chi connectivity index (χ1v) is 8.40. The molecule has 2 rings (SSSR count).